The Labute approximate surface area is 344 Å². The summed E-state index contributed by atoms with van der Waals surface area (Å²) in [5, 5.41) is 18.1. The third-order valence-electron chi connectivity index (χ3n) is 11.7. The van der Waals surface area contributed by atoms with E-state index in [4.69, 9.17) is 9.51 Å². The van der Waals surface area contributed by atoms with Gasteiger partial charge in [0.2, 0.25) is 11.8 Å². The molecule has 2 fully saturated rings. The molecule has 3 N–H and O–H groups in total. The molecule has 8 rings (SSSR count). The van der Waals surface area contributed by atoms with Crippen LogP contribution >= 0.6 is 0 Å². The Kier molecular flexibility index (Phi) is 10.9. The van der Waals surface area contributed by atoms with E-state index < -0.39 is 5.91 Å². The zero-order valence-electron chi connectivity index (χ0n) is 34.6. The fourth-order valence-electron chi connectivity index (χ4n) is 8.20. The number of nitrogens with zero attached hydrogens (tertiary/aromatic N) is 6. The Morgan fingerprint density at radius 3 is 2.39 bits per heavy atom. The number of rotatable bonds is 10. The van der Waals surface area contributed by atoms with Crippen molar-refractivity contribution in [3.05, 3.63) is 112 Å². The lowest BCUT2D eigenvalue weighted by molar-refractivity contribution is -0.134. The highest BCUT2D eigenvalue weighted by Crippen LogP contribution is 2.33. The van der Waals surface area contributed by atoms with E-state index in [1.807, 2.05) is 52.9 Å². The van der Waals surface area contributed by atoms with E-state index >= 15 is 0 Å². The minimum Gasteiger partial charge on any atom is -0.369 e. The van der Waals surface area contributed by atoms with Crippen LogP contribution in [0.15, 0.2) is 77.4 Å². The zero-order chi connectivity index (χ0) is 41.4. The van der Waals surface area contributed by atoms with E-state index in [-0.39, 0.29) is 35.1 Å². The summed E-state index contributed by atoms with van der Waals surface area (Å²) in [6, 6.07) is 23.1. The van der Waals surface area contributed by atoms with Crippen LogP contribution in [0, 0.1) is 13.8 Å². The lowest BCUT2D eigenvalue weighted by Gasteiger charge is -2.36. The first kappa shape index (κ1) is 39.6. The molecule has 3 aromatic carbocycles. The smallest absolute Gasteiger partial charge is 0.315 e. The molecule has 3 aromatic heterocycles. The van der Waals surface area contributed by atoms with Gasteiger partial charge in [0.1, 0.15) is 5.69 Å². The maximum absolute atomic E-state index is 12.9. The van der Waals surface area contributed by atoms with Gasteiger partial charge in [-0.15, -0.1) is 0 Å². The summed E-state index contributed by atoms with van der Waals surface area (Å²) in [7, 11) is 0. The minimum atomic E-state index is -0.409. The molecule has 0 aliphatic carbocycles. The maximum atomic E-state index is 12.9. The molecule has 2 aliphatic heterocycles. The number of carbonyl (C=O) groups is 3. The van der Waals surface area contributed by atoms with Gasteiger partial charge in [-0.05, 0) is 91.3 Å². The van der Waals surface area contributed by atoms with E-state index in [1.54, 1.807) is 0 Å². The number of benzene rings is 3. The second-order valence-corrected chi connectivity index (χ2v) is 17.0. The summed E-state index contributed by atoms with van der Waals surface area (Å²) in [5.74, 6) is -0.587. The monoisotopic (exact) mass is 793 g/mol. The lowest BCUT2D eigenvalue weighted by atomic mass is 9.87. The van der Waals surface area contributed by atoms with Crippen molar-refractivity contribution in [2.45, 2.75) is 78.2 Å². The summed E-state index contributed by atoms with van der Waals surface area (Å²) in [6.07, 6.45) is 3.80. The van der Waals surface area contributed by atoms with Crippen molar-refractivity contribution in [2.75, 3.05) is 37.6 Å². The van der Waals surface area contributed by atoms with Crippen molar-refractivity contribution in [3.8, 4) is 22.4 Å². The number of pyridine rings is 1. The van der Waals surface area contributed by atoms with Gasteiger partial charge in [-0.25, -0.2) is 4.98 Å². The second kappa shape index (κ2) is 16.2. The van der Waals surface area contributed by atoms with Crippen LogP contribution in [0.25, 0.3) is 33.4 Å². The zero-order valence-corrected chi connectivity index (χ0v) is 34.6. The van der Waals surface area contributed by atoms with Crippen molar-refractivity contribution in [1.82, 2.24) is 40.9 Å². The molecule has 0 bridgehead atoms. The number of piperazine rings is 1. The SMILES string of the molecule is Cc1cc(-c2n[nH]c3ncc(-c4ccc(N5CCN(CCc6ccc(C7CCC(=O)NC7=O)c(C)c6)CC5)cc4)cc23)ccc1C(C)NC(=O)c1nc(C(C)(C)C)no1. The Morgan fingerprint density at radius 2 is 1.69 bits per heavy atom. The third-order valence-corrected chi connectivity index (χ3v) is 11.7. The number of hydrogen-bond donors (Lipinski definition) is 3. The molecular formula is C46H51N9O4. The quantitative estimate of drug-likeness (QED) is 0.124. The third kappa shape index (κ3) is 8.52. The van der Waals surface area contributed by atoms with Gasteiger partial charge in [0.05, 0.1) is 12.0 Å². The molecule has 13 nitrogen and oxygen atoms in total. The number of hydrogen-bond acceptors (Lipinski definition) is 10. The molecule has 59 heavy (non-hydrogen) atoms. The molecule has 2 saturated heterocycles. The largest absolute Gasteiger partial charge is 0.369 e. The molecule has 2 aliphatic rings. The van der Waals surface area contributed by atoms with E-state index in [1.165, 1.54) is 11.3 Å². The van der Waals surface area contributed by atoms with Gasteiger partial charge in [-0.3, -0.25) is 29.7 Å². The van der Waals surface area contributed by atoms with Crippen LogP contribution in [0.5, 0.6) is 0 Å². The number of H-pyrrole nitrogens is 1. The van der Waals surface area contributed by atoms with E-state index in [0.29, 0.717) is 24.3 Å². The van der Waals surface area contributed by atoms with Crippen LogP contribution in [0.2, 0.25) is 0 Å². The number of fused-ring (bicyclic) bond motifs is 1. The molecule has 2 atom stereocenters. The minimum absolute atomic E-state index is 0.0485. The fraction of sp³-hybridized carbons (Fsp3) is 0.370. The Morgan fingerprint density at radius 1 is 0.932 bits per heavy atom. The van der Waals surface area contributed by atoms with Gasteiger partial charge >= 0.3 is 11.8 Å². The van der Waals surface area contributed by atoms with Crippen LogP contribution in [0.3, 0.4) is 0 Å². The molecule has 0 spiro atoms. The molecule has 3 amide bonds. The first-order valence-corrected chi connectivity index (χ1v) is 20.4. The standard InChI is InChI=1S/C46H51N9O4/c1-27-23-30(7-13-36(27)37-15-16-39(56)49-42(37)57)17-18-54-19-21-55(22-20-54)34-11-8-31(9-12-34)33-25-38-40(51-52-41(38)47-26-33)32-10-14-35(28(2)24-32)29(3)48-43(58)44-50-45(53-59-44)46(4,5)6/h7-14,23-26,29,37H,15-22H2,1-6H3,(H,48,58)(H,47,51,52)(H,49,56,57). The number of amides is 3. The molecule has 0 saturated carbocycles. The maximum Gasteiger partial charge on any atom is 0.315 e. The lowest BCUT2D eigenvalue weighted by Crippen LogP contribution is -2.47. The van der Waals surface area contributed by atoms with Gasteiger partial charge in [0.15, 0.2) is 11.5 Å². The van der Waals surface area contributed by atoms with E-state index in [2.05, 4.69) is 102 Å². The molecule has 0 radical (unpaired) electrons. The van der Waals surface area contributed by atoms with Crippen LogP contribution in [0.1, 0.15) is 96.8 Å². The fourth-order valence-corrected chi connectivity index (χ4v) is 8.20. The number of imide groups is 1. The molecule has 304 valence electrons. The molecule has 2 unspecified atom stereocenters. The molecule has 6 aromatic rings. The van der Waals surface area contributed by atoms with Crippen molar-refractivity contribution < 1.29 is 18.9 Å². The van der Waals surface area contributed by atoms with Crippen molar-refractivity contribution >= 4 is 34.4 Å². The number of aryl methyl sites for hydroxylation is 2. The normalized spacial score (nSPS) is 17.0. The first-order valence-electron chi connectivity index (χ1n) is 20.4. The predicted octanol–water partition coefficient (Wildman–Crippen LogP) is 6.97. The second-order valence-electron chi connectivity index (χ2n) is 17.0. The van der Waals surface area contributed by atoms with Gasteiger partial charge in [0.25, 0.3) is 0 Å². The van der Waals surface area contributed by atoms with Gasteiger partial charge < -0.3 is 14.7 Å². The van der Waals surface area contributed by atoms with Crippen LogP contribution in [0.4, 0.5) is 5.69 Å². The number of anilines is 1. The van der Waals surface area contributed by atoms with E-state index in [0.717, 1.165) is 89.2 Å². The van der Waals surface area contributed by atoms with Crippen LogP contribution < -0.4 is 15.5 Å². The first-order chi connectivity index (χ1) is 28.3. The number of piperidine rings is 1. The average Bonchev–Trinajstić information content (AvgIpc) is 3.90. The topological polar surface area (TPSA) is 162 Å². The highest BCUT2D eigenvalue weighted by molar-refractivity contribution is 6.01. The van der Waals surface area contributed by atoms with Crippen LogP contribution in [-0.4, -0.2) is 80.7 Å². The summed E-state index contributed by atoms with van der Waals surface area (Å²) < 4.78 is 5.24. The van der Waals surface area contributed by atoms with Crippen molar-refractivity contribution in [2.24, 2.45) is 0 Å². The number of aromatic amines is 1. The van der Waals surface area contributed by atoms with E-state index in [9.17, 15) is 14.4 Å². The van der Waals surface area contributed by atoms with Crippen molar-refractivity contribution in [1.29, 1.82) is 0 Å². The predicted molar refractivity (Wildman–Crippen MR) is 227 cm³/mol. The van der Waals surface area contributed by atoms with Gasteiger partial charge in [-0.1, -0.05) is 68.4 Å². The van der Waals surface area contributed by atoms with Gasteiger partial charge in [0, 0.05) is 73.0 Å². The molecular weight excluding hydrogens is 743 g/mol. The Hall–Kier alpha value is -6.21. The summed E-state index contributed by atoms with van der Waals surface area (Å²) in [6.45, 7) is 16.8. The average molecular weight is 794 g/mol. The highest BCUT2D eigenvalue weighted by atomic mass is 16.5. The number of aromatic nitrogens is 5. The molecule has 13 heteroatoms. The van der Waals surface area contributed by atoms with Crippen molar-refractivity contribution in [3.63, 3.8) is 0 Å². The summed E-state index contributed by atoms with van der Waals surface area (Å²) in [5.41, 5.74) is 10.9. The number of nitrogens with one attached hydrogen (secondary N) is 3. The Bertz CT molecular complexity index is 2530. The number of carbonyl (C=O) groups excluding carboxylic acids is 3. The van der Waals surface area contributed by atoms with Crippen LogP contribution in [-0.2, 0) is 21.4 Å². The Balaban J connectivity index is 0.870. The summed E-state index contributed by atoms with van der Waals surface area (Å²) in [4.78, 5) is 50.9. The molecule has 5 heterocycles. The summed E-state index contributed by atoms with van der Waals surface area (Å²) >= 11 is 0. The van der Waals surface area contributed by atoms with Gasteiger partial charge in [-0.2, -0.15) is 10.1 Å². The highest BCUT2D eigenvalue weighted by Gasteiger charge is 2.29.